The van der Waals surface area contributed by atoms with Crippen LogP contribution < -0.4 is 0 Å². The van der Waals surface area contributed by atoms with Gasteiger partial charge in [-0.3, -0.25) is 0 Å². The van der Waals surface area contributed by atoms with Gasteiger partial charge in [0.05, 0.1) is 5.25 Å². The minimum Gasteiger partial charge on any atom is -0.221 e. The predicted octanol–water partition coefficient (Wildman–Crippen LogP) is 2.24. The molecular formula is C9H15ClN2O2S2. The summed E-state index contributed by atoms with van der Waals surface area (Å²) in [7, 11) is -3.42. The van der Waals surface area contributed by atoms with E-state index >= 15 is 0 Å². The van der Waals surface area contributed by atoms with Gasteiger partial charge in [0.2, 0.25) is 14.2 Å². The molecule has 1 atom stereocenters. The van der Waals surface area contributed by atoms with Gasteiger partial charge >= 0.3 is 0 Å². The van der Waals surface area contributed by atoms with E-state index in [1.165, 1.54) is 0 Å². The molecule has 1 aromatic rings. The topological polar surface area (TPSA) is 59.9 Å². The van der Waals surface area contributed by atoms with E-state index in [0.29, 0.717) is 5.82 Å². The average Bonchev–Trinajstić information content (AvgIpc) is 2.64. The van der Waals surface area contributed by atoms with Crippen molar-refractivity contribution in [2.45, 2.75) is 42.7 Å². The number of alkyl halides is 1. The van der Waals surface area contributed by atoms with Gasteiger partial charge in [-0.05, 0) is 18.5 Å². The fourth-order valence-corrected chi connectivity index (χ4v) is 3.73. The zero-order chi connectivity index (χ0) is 12.6. The molecule has 0 aliphatic rings. The molecule has 0 N–H and O–H groups in total. The highest BCUT2D eigenvalue weighted by Gasteiger charge is 2.29. The zero-order valence-electron chi connectivity index (χ0n) is 9.69. The van der Waals surface area contributed by atoms with Crippen LogP contribution >= 0.6 is 23.1 Å². The van der Waals surface area contributed by atoms with Crippen molar-refractivity contribution in [3.05, 3.63) is 5.82 Å². The summed E-state index contributed by atoms with van der Waals surface area (Å²) in [6.45, 7) is 7.39. The minimum atomic E-state index is -3.42. The van der Waals surface area contributed by atoms with Gasteiger partial charge in [-0.2, -0.15) is 4.37 Å². The fraction of sp³-hybridized carbons (Fsp3) is 0.778. The van der Waals surface area contributed by atoms with E-state index in [0.717, 1.165) is 11.5 Å². The third-order valence-electron chi connectivity index (χ3n) is 2.07. The van der Waals surface area contributed by atoms with Crippen molar-refractivity contribution in [1.29, 1.82) is 0 Å². The second-order valence-corrected chi connectivity index (χ2v) is 8.24. The molecule has 0 aliphatic heterocycles. The molecular weight excluding hydrogens is 268 g/mol. The van der Waals surface area contributed by atoms with Crippen LogP contribution in [0.5, 0.6) is 0 Å². The third-order valence-corrected chi connectivity index (χ3v) is 5.95. The molecule has 4 nitrogen and oxygen atoms in total. The van der Waals surface area contributed by atoms with E-state index in [-0.39, 0.29) is 15.6 Å². The van der Waals surface area contributed by atoms with E-state index in [1.807, 2.05) is 20.8 Å². The molecule has 0 amide bonds. The van der Waals surface area contributed by atoms with E-state index in [2.05, 4.69) is 9.36 Å². The number of hydrogen-bond donors (Lipinski definition) is 0. The number of halogens is 1. The second-order valence-electron chi connectivity index (χ2n) is 4.64. The van der Waals surface area contributed by atoms with E-state index in [4.69, 9.17) is 11.6 Å². The summed E-state index contributed by atoms with van der Waals surface area (Å²) in [6, 6.07) is 0. The molecule has 1 unspecified atom stereocenters. The van der Waals surface area contributed by atoms with E-state index < -0.39 is 15.1 Å². The maximum absolute atomic E-state index is 11.9. The van der Waals surface area contributed by atoms with Crippen LogP contribution in [0.3, 0.4) is 0 Å². The Balaban J connectivity index is 3.13. The molecule has 1 heterocycles. The lowest BCUT2D eigenvalue weighted by atomic mass is 9.96. The monoisotopic (exact) mass is 282 g/mol. The van der Waals surface area contributed by atoms with Crippen molar-refractivity contribution in [1.82, 2.24) is 9.36 Å². The van der Waals surface area contributed by atoms with Gasteiger partial charge < -0.3 is 0 Å². The standard InChI is InChI=1S/C9H15ClN2O2S2/c1-6(5-10)16(13,14)8-11-7(12-15-8)9(2,3)4/h6H,5H2,1-4H3. The van der Waals surface area contributed by atoms with Gasteiger partial charge in [0, 0.05) is 11.3 Å². The number of nitrogens with zero attached hydrogens (tertiary/aromatic N) is 2. The first-order valence-corrected chi connectivity index (χ1v) is 7.69. The highest BCUT2D eigenvalue weighted by Crippen LogP contribution is 2.25. The van der Waals surface area contributed by atoms with Gasteiger partial charge in [0.15, 0.2) is 0 Å². The molecule has 0 fully saturated rings. The van der Waals surface area contributed by atoms with Gasteiger partial charge in [-0.15, -0.1) is 11.6 Å². The lowest BCUT2D eigenvalue weighted by Gasteiger charge is -2.12. The molecule has 0 saturated heterocycles. The molecule has 0 spiro atoms. The lowest BCUT2D eigenvalue weighted by molar-refractivity contribution is 0.547. The van der Waals surface area contributed by atoms with Crippen LogP contribution in [0.15, 0.2) is 4.34 Å². The Bertz CT molecular complexity index is 462. The summed E-state index contributed by atoms with van der Waals surface area (Å²) in [6.07, 6.45) is 0. The molecule has 7 heteroatoms. The smallest absolute Gasteiger partial charge is 0.221 e. The predicted molar refractivity (Wildman–Crippen MR) is 66.0 cm³/mol. The Hall–Kier alpha value is -0.200. The summed E-state index contributed by atoms with van der Waals surface area (Å²) < 4.78 is 28.0. The molecule has 1 aromatic heterocycles. The van der Waals surface area contributed by atoms with E-state index in [1.54, 1.807) is 6.92 Å². The Morgan fingerprint density at radius 2 is 2.00 bits per heavy atom. The fourth-order valence-electron chi connectivity index (χ4n) is 0.885. The Kier molecular flexibility index (Phi) is 3.97. The quantitative estimate of drug-likeness (QED) is 0.798. The van der Waals surface area contributed by atoms with Crippen LogP contribution in [0.4, 0.5) is 0 Å². The summed E-state index contributed by atoms with van der Waals surface area (Å²) in [4.78, 5) is 4.08. The highest BCUT2D eigenvalue weighted by atomic mass is 35.5. The molecule has 0 saturated carbocycles. The Morgan fingerprint density at radius 3 is 2.38 bits per heavy atom. The molecule has 0 aromatic carbocycles. The van der Waals surface area contributed by atoms with Crippen molar-refractivity contribution in [3.63, 3.8) is 0 Å². The molecule has 16 heavy (non-hydrogen) atoms. The van der Waals surface area contributed by atoms with Crippen LogP contribution in [0.25, 0.3) is 0 Å². The van der Waals surface area contributed by atoms with Crippen molar-refractivity contribution < 1.29 is 8.42 Å². The van der Waals surface area contributed by atoms with Crippen LogP contribution in [0.2, 0.25) is 0 Å². The summed E-state index contributed by atoms with van der Waals surface area (Å²) >= 11 is 6.48. The first-order chi connectivity index (χ1) is 7.19. The van der Waals surface area contributed by atoms with E-state index in [9.17, 15) is 8.42 Å². The summed E-state index contributed by atoms with van der Waals surface area (Å²) in [5, 5.41) is -0.630. The summed E-state index contributed by atoms with van der Waals surface area (Å²) in [5.41, 5.74) is -0.242. The van der Waals surface area contributed by atoms with Crippen LogP contribution in [0.1, 0.15) is 33.5 Å². The minimum absolute atomic E-state index is 0.0607. The Labute approximate surface area is 105 Å². The van der Waals surface area contributed by atoms with Crippen molar-refractivity contribution in [3.8, 4) is 0 Å². The largest absolute Gasteiger partial charge is 0.229 e. The molecule has 0 radical (unpaired) electrons. The van der Waals surface area contributed by atoms with Gasteiger partial charge in [-0.1, -0.05) is 20.8 Å². The van der Waals surface area contributed by atoms with Crippen molar-refractivity contribution >= 4 is 33.0 Å². The number of sulfone groups is 1. The molecule has 0 aliphatic carbocycles. The number of hydrogen-bond acceptors (Lipinski definition) is 5. The molecule has 0 bridgehead atoms. The van der Waals surface area contributed by atoms with Crippen LogP contribution in [-0.2, 0) is 15.3 Å². The van der Waals surface area contributed by atoms with Gasteiger partial charge in [-0.25, -0.2) is 13.4 Å². The van der Waals surface area contributed by atoms with Crippen LogP contribution in [-0.4, -0.2) is 28.9 Å². The van der Waals surface area contributed by atoms with Gasteiger partial charge in [0.25, 0.3) is 0 Å². The summed E-state index contributed by atoms with van der Waals surface area (Å²) in [5.74, 6) is 0.616. The van der Waals surface area contributed by atoms with Crippen molar-refractivity contribution in [2.24, 2.45) is 0 Å². The van der Waals surface area contributed by atoms with Crippen LogP contribution in [0, 0.1) is 0 Å². The average molecular weight is 283 g/mol. The Morgan fingerprint density at radius 1 is 1.44 bits per heavy atom. The normalized spacial score (nSPS) is 15.1. The first-order valence-electron chi connectivity index (χ1n) is 4.83. The molecule has 92 valence electrons. The number of rotatable bonds is 3. The third kappa shape index (κ3) is 2.73. The second kappa shape index (κ2) is 4.58. The first kappa shape index (κ1) is 13.9. The van der Waals surface area contributed by atoms with Crippen molar-refractivity contribution in [2.75, 3.05) is 5.88 Å². The van der Waals surface area contributed by atoms with Gasteiger partial charge in [0.1, 0.15) is 5.82 Å². The number of aromatic nitrogens is 2. The molecule has 1 rings (SSSR count). The highest BCUT2D eigenvalue weighted by molar-refractivity contribution is 7.93. The maximum atomic E-state index is 11.9. The SMILES string of the molecule is CC(CCl)S(=O)(=O)c1nc(C(C)(C)C)ns1. The maximum Gasteiger partial charge on any atom is 0.229 e. The lowest BCUT2D eigenvalue weighted by Crippen LogP contribution is -2.20. The zero-order valence-corrected chi connectivity index (χ0v) is 12.1.